The molecule has 0 atom stereocenters. The highest BCUT2D eigenvalue weighted by Crippen LogP contribution is 2.29. The highest BCUT2D eigenvalue weighted by Gasteiger charge is 2.06. The fourth-order valence-electron chi connectivity index (χ4n) is 1.84. The summed E-state index contributed by atoms with van der Waals surface area (Å²) < 4.78 is 10.8. The monoisotopic (exact) mass is 332 g/mol. The number of aromatic amines is 2. The molecule has 1 aromatic carbocycles. The molecule has 0 aliphatic heterocycles. The average Bonchev–Trinajstić information content (AvgIpc) is 2.60. The van der Waals surface area contributed by atoms with Gasteiger partial charge in [0, 0.05) is 6.07 Å². The number of aliphatic hydroxyl groups excluding tert-OH is 1. The van der Waals surface area contributed by atoms with Gasteiger partial charge in [0.2, 0.25) is 5.43 Å². The summed E-state index contributed by atoms with van der Waals surface area (Å²) in [5.74, 6) is 0.451. The number of nitrogens with one attached hydrogen (secondary N) is 2. The smallest absolute Gasteiger partial charge is 0.310 e. The number of H-pyrrole nitrogens is 2. The van der Waals surface area contributed by atoms with Gasteiger partial charge in [-0.3, -0.25) is 24.6 Å². The van der Waals surface area contributed by atoms with Crippen molar-refractivity contribution in [3.63, 3.8) is 0 Å². The Balaban J connectivity index is 2.13. The number of ketones is 1. The average molecular weight is 332 g/mol. The van der Waals surface area contributed by atoms with E-state index in [4.69, 9.17) is 14.6 Å². The number of aromatic nitrogens is 2. The van der Waals surface area contributed by atoms with Gasteiger partial charge in [-0.25, -0.2) is 0 Å². The SMILES string of the molecule is COc1cc(/C=C/C(=O)CO)ccc1OCc1cc(=O)c(=O)[nH][nH]1. The Bertz CT molecular complexity index is 865. The normalized spacial score (nSPS) is 10.8. The molecule has 0 saturated carbocycles. The molecule has 0 radical (unpaired) electrons. The van der Waals surface area contributed by atoms with Gasteiger partial charge in [-0.15, -0.1) is 0 Å². The van der Waals surface area contributed by atoms with E-state index in [-0.39, 0.29) is 6.61 Å². The Kier molecular flexibility index (Phi) is 5.69. The first-order valence-corrected chi connectivity index (χ1v) is 6.97. The fraction of sp³-hybridized carbons (Fsp3) is 0.188. The van der Waals surface area contributed by atoms with Crippen molar-refractivity contribution in [2.45, 2.75) is 6.61 Å². The van der Waals surface area contributed by atoms with Crippen LogP contribution in [0.15, 0.2) is 39.9 Å². The number of ether oxygens (including phenoxy) is 2. The molecule has 0 amide bonds. The topological polar surface area (TPSA) is 121 Å². The van der Waals surface area contributed by atoms with Crippen LogP contribution in [0.25, 0.3) is 6.08 Å². The van der Waals surface area contributed by atoms with Gasteiger partial charge in [0.15, 0.2) is 17.3 Å². The summed E-state index contributed by atoms with van der Waals surface area (Å²) in [5.41, 5.74) is -0.295. The molecule has 0 aliphatic carbocycles. The Morgan fingerprint density at radius 2 is 2.00 bits per heavy atom. The van der Waals surface area contributed by atoms with E-state index in [9.17, 15) is 14.4 Å². The third-order valence-corrected chi connectivity index (χ3v) is 3.05. The van der Waals surface area contributed by atoms with Gasteiger partial charge in [0.1, 0.15) is 13.2 Å². The maximum Gasteiger partial charge on any atom is 0.310 e. The van der Waals surface area contributed by atoms with Crippen molar-refractivity contribution < 1.29 is 19.4 Å². The van der Waals surface area contributed by atoms with E-state index in [1.165, 1.54) is 13.2 Å². The minimum atomic E-state index is -0.732. The van der Waals surface area contributed by atoms with Crippen LogP contribution >= 0.6 is 0 Å². The molecule has 1 aromatic heterocycles. The number of benzene rings is 1. The van der Waals surface area contributed by atoms with E-state index in [1.807, 2.05) is 0 Å². The van der Waals surface area contributed by atoms with Crippen LogP contribution in [-0.4, -0.2) is 34.8 Å². The summed E-state index contributed by atoms with van der Waals surface area (Å²) in [6, 6.07) is 6.16. The molecule has 8 nitrogen and oxygen atoms in total. The van der Waals surface area contributed by atoms with Gasteiger partial charge in [-0.2, -0.15) is 0 Å². The quantitative estimate of drug-likeness (QED) is 0.493. The van der Waals surface area contributed by atoms with Gasteiger partial charge < -0.3 is 14.6 Å². The van der Waals surface area contributed by atoms with E-state index < -0.39 is 23.4 Å². The van der Waals surface area contributed by atoms with Crippen molar-refractivity contribution in [3.05, 3.63) is 62.2 Å². The molecule has 0 aliphatic rings. The number of rotatable bonds is 7. The van der Waals surface area contributed by atoms with Crippen LogP contribution in [0, 0.1) is 0 Å². The first-order valence-electron chi connectivity index (χ1n) is 6.97. The Morgan fingerprint density at radius 3 is 2.67 bits per heavy atom. The van der Waals surface area contributed by atoms with Crippen molar-refractivity contribution in [2.24, 2.45) is 0 Å². The summed E-state index contributed by atoms with van der Waals surface area (Å²) in [4.78, 5) is 33.4. The summed E-state index contributed by atoms with van der Waals surface area (Å²) in [6.07, 6.45) is 2.81. The fourth-order valence-corrected chi connectivity index (χ4v) is 1.84. The minimum absolute atomic E-state index is 0.0283. The predicted octanol–water partition coefficient (Wildman–Crippen LogP) is 0.225. The predicted molar refractivity (Wildman–Crippen MR) is 86.1 cm³/mol. The van der Waals surface area contributed by atoms with Crippen LogP contribution in [0.1, 0.15) is 11.3 Å². The third kappa shape index (κ3) is 4.43. The zero-order valence-corrected chi connectivity index (χ0v) is 12.9. The summed E-state index contributed by atoms with van der Waals surface area (Å²) >= 11 is 0. The molecule has 2 rings (SSSR count). The van der Waals surface area contributed by atoms with Crippen LogP contribution in [0.3, 0.4) is 0 Å². The molecular weight excluding hydrogens is 316 g/mol. The number of methoxy groups -OCH3 is 1. The molecule has 0 saturated heterocycles. The lowest BCUT2D eigenvalue weighted by atomic mass is 10.1. The van der Waals surface area contributed by atoms with Crippen molar-refractivity contribution in [3.8, 4) is 11.5 Å². The van der Waals surface area contributed by atoms with E-state index in [1.54, 1.807) is 24.3 Å². The number of hydrogen-bond donors (Lipinski definition) is 3. The number of hydrogen-bond acceptors (Lipinski definition) is 6. The van der Waals surface area contributed by atoms with Crippen molar-refractivity contribution in [2.75, 3.05) is 13.7 Å². The molecular formula is C16H16N2O6. The van der Waals surface area contributed by atoms with Crippen LogP contribution in [0.2, 0.25) is 0 Å². The lowest BCUT2D eigenvalue weighted by molar-refractivity contribution is -0.117. The van der Waals surface area contributed by atoms with Crippen molar-refractivity contribution in [1.29, 1.82) is 0 Å². The molecule has 0 unspecified atom stereocenters. The second-order valence-electron chi connectivity index (χ2n) is 4.77. The highest BCUT2D eigenvalue weighted by molar-refractivity contribution is 5.94. The Hall–Kier alpha value is -3.13. The Morgan fingerprint density at radius 1 is 1.21 bits per heavy atom. The molecule has 0 bridgehead atoms. The molecule has 0 fully saturated rings. The van der Waals surface area contributed by atoms with E-state index in [0.717, 1.165) is 6.07 Å². The Labute approximate surface area is 136 Å². The summed E-state index contributed by atoms with van der Waals surface area (Å²) in [6.45, 7) is -0.521. The molecule has 3 N–H and O–H groups in total. The first-order chi connectivity index (χ1) is 11.5. The zero-order chi connectivity index (χ0) is 17.5. The summed E-state index contributed by atoms with van der Waals surface area (Å²) in [5, 5.41) is 13.4. The van der Waals surface area contributed by atoms with Gasteiger partial charge in [0.05, 0.1) is 12.8 Å². The van der Waals surface area contributed by atoms with Crippen LogP contribution in [-0.2, 0) is 11.4 Å². The number of carbonyl (C=O) groups is 1. The van der Waals surface area contributed by atoms with Crippen LogP contribution in [0.5, 0.6) is 11.5 Å². The van der Waals surface area contributed by atoms with E-state index >= 15 is 0 Å². The molecule has 2 aromatic rings. The second kappa shape index (κ2) is 7.93. The van der Waals surface area contributed by atoms with Gasteiger partial charge >= 0.3 is 5.56 Å². The van der Waals surface area contributed by atoms with Gasteiger partial charge in [-0.1, -0.05) is 12.1 Å². The maximum atomic E-state index is 11.3. The van der Waals surface area contributed by atoms with Crippen LogP contribution < -0.4 is 20.5 Å². The van der Waals surface area contributed by atoms with Crippen molar-refractivity contribution in [1.82, 2.24) is 10.2 Å². The summed E-state index contributed by atoms with van der Waals surface area (Å²) in [7, 11) is 1.47. The van der Waals surface area contributed by atoms with Crippen LogP contribution in [0.4, 0.5) is 0 Å². The number of carbonyl (C=O) groups excluding carboxylic acids is 1. The molecule has 126 valence electrons. The molecule has 0 spiro atoms. The minimum Gasteiger partial charge on any atom is -0.493 e. The van der Waals surface area contributed by atoms with E-state index in [0.29, 0.717) is 22.8 Å². The first kappa shape index (κ1) is 17.2. The molecule has 24 heavy (non-hydrogen) atoms. The second-order valence-corrected chi connectivity index (χ2v) is 4.77. The van der Waals surface area contributed by atoms with Gasteiger partial charge in [-0.05, 0) is 23.8 Å². The largest absolute Gasteiger partial charge is 0.493 e. The van der Waals surface area contributed by atoms with Crippen molar-refractivity contribution >= 4 is 11.9 Å². The lowest BCUT2D eigenvalue weighted by Crippen LogP contribution is -2.28. The van der Waals surface area contributed by atoms with Gasteiger partial charge in [0.25, 0.3) is 0 Å². The highest BCUT2D eigenvalue weighted by atomic mass is 16.5. The standard InChI is InChI=1S/C16H16N2O6/c1-23-15-6-10(2-4-12(20)8-19)3-5-14(15)24-9-11-7-13(21)16(22)18-17-11/h2-7,19H,8-9H2,1H3,(H,17,21)(H,18,22)/b4-2+. The maximum absolute atomic E-state index is 11.3. The molecule has 8 heteroatoms. The molecule has 1 heterocycles. The number of aliphatic hydroxyl groups is 1. The zero-order valence-electron chi connectivity index (χ0n) is 12.9. The lowest BCUT2D eigenvalue weighted by Gasteiger charge is -2.11. The van der Waals surface area contributed by atoms with E-state index in [2.05, 4.69) is 10.2 Å². The third-order valence-electron chi connectivity index (χ3n) is 3.05.